The fraction of sp³-hybridized carbons (Fsp3) is 0.294. The van der Waals surface area contributed by atoms with E-state index in [1.165, 1.54) is 0 Å². The van der Waals surface area contributed by atoms with Crippen LogP contribution < -0.4 is 10.6 Å². The third-order valence-electron chi connectivity index (χ3n) is 3.46. The molecule has 2 rings (SSSR count). The number of hydrogen-bond acceptors (Lipinski definition) is 2. The van der Waals surface area contributed by atoms with Crippen molar-refractivity contribution >= 4 is 11.4 Å². The Morgan fingerprint density at radius 3 is 2.45 bits per heavy atom. The van der Waals surface area contributed by atoms with Gasteiger partial charge in [0, 0.05) is 12.2 Å². The third-order valence-corrected chi connectivity index (χ3v) is 3.46. The predicted molar refractivity (Wildman–Crippen MR) is 83.0 cm³/mol. The second-order valence-electron chi connectivity index (χ2n) is 4.86. The zero-order valence-corrected chi connectivity index (χ0v) is 12.1. The van der Waals surface area contributed by atoms with Crippen molar-refractivity contribution in [3.8, 4) is 0 Å². The fourth-order valence-electron chi connectivity index (χ4n) is 2.43. The van der Waals surface area contributed by atoms with E-state index in [-0.39, 0.29) is 5.82 Å². The number of rotatable bonds is 5. The molecule has 0 spiro atoms. The summed E-state index contributed by atoms with van der Waals surface area (Å²) >= 11 is 0. The van der Waals surface area contributed by atoms with Crippen LogP contribution in [0.4, 0.5) is 15.8 Å². The minimum Gasteiger partial charge on any atom is -0.339 e. The molecular formula is C17H21FN2. The minimum atomic E-state index is -0.193. The van der Waals surface area contributed by atoms with Crippen molar-refractivity contribution in [1.29, 1.82) is 0 Å². The Bertz CT molecular complexity index is 581. The van der Waals surface area contributed by atoms with Gasteiger partial charge in [0.25, 0.3) is 0 Å². The molecule has 0 aliphatic carbocycles. The predicted octanol–water partition coefficient (Wildman–Crippen LogP) is 3.79. The van der Waals surface area contributed by atoms with Crippen molar-refractivity contribution in [3.05, 3.63) is 59.4 Å². The second-order valence-corrected chi connectivity index (χ2v) is 4.86. The van der Waals surface area contributed by atoms with Gasteiger partial charge in [-0.3, -0.25) is 0 Å². The monoisotopic (exact) mass is 272 g/mol. The zero-order chi connectivity index (χ0) is 14.5. The van der Waals surface area contributed by atoms with E-state index < -0.39 is 0 Å². The van der Waals surface area contributed by atoms with E-state index >= 15 is 0 Å². The maximum absolute atomic E-state index is 14.3. The summed E-state index contributed by atoms with van der Waals surface area (Å²) < 4.78 is 14.3. The van der Waals surface area contributed by atoms with Crippen LogP contribution in [-0.2, 0) is 6.42 Å². The Morgan fingerprint density at radius 1 is 1.10 bits per heavy atom. The molecule has 0 amide bonds. The number of hydrogen-bond donors (Lipinski definition) is 1. The van der Waals surface area contributed by atoms with Gasteiger partial charge < -0.3 is 10.6 Å². The van der Waals surface area contributed by atoms with Crippen molar-refractivity contribution in [1.82, 2.24) is 0 Å². The van der Waals surface area contributed by atoms with Gasteiger partial charge >= 0.3 is 0 Å². The largest absolute Gasteiger partial charge is 0.339 e. The number of aryl methyl sites for hydroxylation is 1. The van der Waals surface area contributed by atoms with E-state index in [9.17, 15) is 4.39 Å². The zero-order valence-electron chi connectivity index (χ0n) is 12.1. The van der Waals surface area contributed by atoms with Gasteiger partial charge in [0.2, 0.25) is 0 Å². The number of anilines is 2. The Kier molecular flexibility index (Phi) is 4.74. The van der Waals surface area contributed by atoms with Crippen LogP contribution in [0.25, 0.3) is 0 Å². The molecule has 0 saturated heterocycles. The van der Waals surface area contributed by atoms with E-state index in [1.807, 2.05) is 55.1 Å². The van der Waals surface area contributed by atoms with Crippen molar-refractivity contribution in [2.24, 2.45) is 5.73 Å². The second kappa shape index (κ2) is 6.53. The SMILES string of the molecule is CCN(c1ccccc1C)c1ccc(CCN)cc1F. The van der Waals surface area contributed by atoms with Crippen LogP contribution >= 0.6 is 0 Å². The summed E-state index contributed by atoms with van der Waals surface area (Å²) in [7, 11) is 0. The number of para-hydroxylation sites is 1. The van der Waals surface area contributed by atoms with Crippen LogP contribution in [0.15, 0.2) is 42.5 Å². The quantitative estimate of drug-likeness (QED) is 0.897. The summed E-state index contributed by atoms with van der Waals surface area (Å²) in [6.45, 7) is 5.32. The van der Waals surface area contributed by atoms with Gasteiger partial charge in [-0.05, 0) is 56.1 Å². The highest BCUT2D eigenvalue weighted by atomic mass is 19.1. The molecule has 2 nitrogen and oxygen atoms in total. The average Bonchev–Trinajstić information content (AvgIpc) is 2.44. The molecule has 0 bridgehead atoms. The van der Waals surface area contributed by atoms with Gasteiger partial charge in [-0.15, -0.1) is 0 Å². The molecule has 2 N–H and O–H groups in total. The molecule has 0 radical (unpaired) electrons. The lowest BCUT2D eigenvalue weighted by molar-refractivity contribution is 0.623. The van der Waals surface area contributed by atoms with Crippen LogP contribution in [0.3, 0.4) is 0 Å². The Hall–Kier alpha value is -1.87. The molecule has 0 aromatic heterocycles. The molecular weight excluding hydrogens is 251 g/mol. The topological polar surface area (TPSA) is 29.3 Å². The summed E-state index contributed by atoms with van der Waals surface area (Å²) in [6.07, 6.45) is 0.702. The molecule has 3 heteroatoms. The highest BCUT2D eigenvalue weighted by Crippen LogP contribution is 2.30. The van der Waals surface area contributed by atoms with E-state index in [0.29, 0.717) is 18.7 Å². The van der Waals surface area contributed by atoms with Crippen molar-refractivity contribution in [3.63, 3.8) is 0 Å². The van der Waals surface area contributed by atoms with Gasteiger partial charge in [-0.1, -0.05) is 24.3 Å². The number of nitrogens with two attached hydrogens (primary N) is 1. The fourth-order valence-corrected chi connectivity index (χ4v) is 2.43. The molecule has 20 heavy (non-hydrogen) atoms. The van der Waals surface area contributed by atoms with Gasteiger partial charge in [0.05, 0.1) is 5.69 Å². The van der Waals surface area contributed by atoms with Crippen LogP contribution in [0, 0.1) is 12.7 Å². The summed E-state index contributed by atoms with van der Waals surface area (Å²) in [5.41, 5.74) is 9.25. The van der Waals surface area contributed by atoms with E-state index in [2.05, 4.69) is 0 Å². The van der Waals surface area contributed by atoms with Crippen LogP contribution in [0.5, 0.6) is 0 Å². The summed E-state index contributed by atoms with van der Waals surface area (Å²) in [5.74, 6) is -0.193. The van der Waals surface area contributed by atoms with Crippen molar-refractivity contribution in [2.45, 2.75) is 20.3 Å². The first-order valence-electron chi connectivity index (χ1n) is 6.99. The van der Waals surface area contributed by atoms with Crippen LogP contribution in [-0.4, -0.2) is 13.1 Å². The Balaban J connectivity index is 2.40. The van der Waals surface area contributed by atoms with Gasteiger partial charge in [-0.25, -0.2) is 4.39 Å². The van der Waals surface area contributed by atoms with Crippen molar-refractivity contribution in [2.75, 3.05) is 18.0 Å². The molecule has 0 atom stereocenters. The van der Waals surface area contributed by atoms with Crippen molar-refractivity contribution < 1.29 is 4.39 Å². The maximum Gasteiger partial charge on any atom is 0.147 e. The molecule has 2 aromatic carbocycles. The lowest BCUT2D eigenvalue weighted by Gasteiger charge is -2.25. The standard InChI is InChI=1S/C17H21FN2/c1-3-20(16-7-5-4-6-13(16)2)17-9-8-14(10-11-19)12-15(17)18/h4-9,12H,3,10-11,19H2,1-2H3. The number of nitrogens with zero attached hydrogens (tertiary/aromatic N) is 1. The first kappa shape index (κ1) is 14.5. The molecule has 0 heterocycles. The van der Waals surface area contributed by atoms with Crippen LogP contribution in [0.1, 0.15) is 18.1 Å². The smallest absolute Gasteiger partial charge is 0.147 e. The van der Waals surface area contributed by atoms with Gasteiger partial charge in [0.15, 0.2) is 0 Å². The Labute approximate surface area is 120 Å². The van der Waals surface area contributed by atoms with E-state index in [4.69, 9.17) is 5.73 Å². The molecule has 106 valence electrons. The molecule has 2 aromatic rings. The highest BCUT2D eigenvalue weighted by Gasteiger charge is 2.14. The maximum atomic E-state index is 14.3. The summed E-state index contributed by atoms with van der Waals surface area (Å²) in [4.78, 5) is 2.00. The first-order chi connectivity index (χ1) is 9.67. The van der Waals surface area contributed by atoms with Gasteiger partial charge in [-0.2, -0.15) is 0 Å². The molecule has 0 aliphatic rings. The molecule has 0 fully saturated rings. The molecule has 0 saturated carbocycles. The lowest BCUT2D eigenvalue weighted by atomic mass is 10.1. The molecule has 0 aliphatic heterocycles. The van der Waals surface area contributed by atoms with E-state index in [0.717, 1.165) is 23.4 Å². The third kappa shape index (κ3) is 2.99. The molecule has 0 unspecified atom stereocenters. The minimum absolute atomic E-state index is 0.193. The normalized spacial score (nSPS) is 10.6. The van der Waals surface area contributed by atoms with Gasteiger partial charge in [0.1, 0.15) is 5.82 Å². The highest BCUT2D eigenvalue weighted by molar-refractivity contribution is 5.66. The summed E-state index contributed by atoms with van der Waals surface area (Å²) in [6, 6.07) is 13.4. The summed E-state index contributed by atoms with van der Waals surface area (Å²) in [5, 5.41) is 0. The average molecular weight is 272 g/mol. The Morgan fingerprint density at radius 2 is 1.85 bits per heavy atom. The number of benzene rings is 2. The van der Waals surface area contributed by atoms with E-state index in [1.54, 1.807) is 6.07 Å². The first-order valence-corrected chi connectivity index (χ1v) is 6.99. The van der Waals surface area contributed by atoms with Crippen LogP contribution in [0.2, 0.25) is 0 Å². The lowest BCUT2D eigenvalue weighted by Crippen LogP contribution is -2.18. The number of halogens is 1.